The van der Waals surface area contributed by atoms with Crippen molar-refractivity contribution >= 4 is 17.9 Å². The first-order chi connectivity index (χ1) is 14.2. The van der Waals surface area contributed by atoms with Crippen LogP contribution in [0.3, 0.4) is 0 Å². The summed E-state index contributed by atoms with van der Waals surface area (Å²) >= 11 is 0. The van der Waals surface area contributed by atoms with Gasteiger partial charge in [-0.1, -0.05) is 0 Å². The summed E-state index contributed by atoms with van der Waals surface area (Å²) in [4.78, 5) is 12.5. The average molecular weight is 402 g/mol. The van der Waals surface area contributed by atoms with E-state index in [1.807, 2.05) is 121 Å². The van der Waals surface area contributed by atoms with Crippen LogP contribution in [0.2, 0.25) is 0 Å². The molecule has 3 nitrogen and oxygen atoms in total. The van der Waals surface area contributed by atoms with Crippen molar-refractivity contribution in [2.75, 3.05) is 0 Å². The Bertz CT molecular complexity index is 999. The van der Waals surface area contributed by atoms with Crippen LogP contribution in [0.15, 0.2) is 121 Å². The second-order valence-corrected chi connectivity index (χ2v) is 10.1. The fraction of sp³-hybridized carbons (Fsp3) is 0.0400. The summed E-state index contributed by atoms with van der Waals surface area (Å²) in [5.74, 6) is 0.549. The number of hydrogen-bond acceptors (Lipinski definition) is 3. The van der Waals surface area contributed by atoms with Gasteiger partial charge in [-0.05, 0) is 0 Å². The van der Waals surface area contributed by atoms with Gasteiger partial charge >= 0.3 is 171 Å². The fourth-order valence-electron chi connectivity index (χ4n) is 3.26. The summed E-state index contributed by atoms with van der Waals surface area (Å²) < 4.78 is 12.9. The van der Waals surface area contributed by atoms with Gasteiger partial charge in [0, 0.05) is 0 Å². The monoisotopic (exact) mass is 402 g/mol. The quantitative estimate of drug-likeness (QED) is 0.431. The SMILES string of the molecule is OP(OCc1ccccc1)(Oc1ccccc1)(c1ccccc1)c1ccccc1. The van der Waals surface area contributed by atoms with Crippen LogP contribution in [0.4, 0.5) is 0 Å². The van der Waals surface area contributed by atoms with E-state index in [0.717, 1.165) is 5.56 Å². The Kier molecular flexibility index (Phi) is 5.46. The zero-order chi connectivity index (χ0) is 20.0. The Hall–Kier alpha value is -2.97. The molecule has 0 aliphatic carbocycles. The molecule has 0 spiro atoms. The molecule has 1 N–H and O–H groups in total. The fourth-order valence-corrected chi connectivity index (χ4v) is 6.41. The molecule has 4 rings (SSSR count). The second kappa shape index (κ2) is 8.18. The first kappa shape index (κ1) is 19.4. The minimum atomic E-state index is -4.48. The molecule has 146 valence electrons. The maximum atomic E-state index is 12.5. The first-order valence-corrected chi connectivity index (χ1v) is 11.5. The molecule has 0 bridgehead atoms. The molecular formula is C25H23O3P. The van der Waals surface area contributed by atoms with Crippen LogP contribution in [-0.4, -0.2) is 4.89 Å². The van der Waals surface area contributed by atoms with E-state index in [9.17, 15) is 4.89 Å². The Labute approximate surface area is 171 Å². The average Bonchev–Trinajstić information content (AvgIpc) is 2.81. The molecule has 0 aliphatic heterocycles. The van der Waals surface area contributed by atoms with Crippen LogP contribution < -0.4 is 15.1 Å². The van der Waals surface area contributed by atoms with Crippen LogP contribution in [0.5, 0.6) is 5.75 Å². The second-order valence-electron chi connectivity index (χ2n) is 6.75. The molecule has 0 aromatic heterocycles. The Morgan fingerprint density at radius 2 is 0.966 bits per heavy atom. The van der Waals surface area contributed by atoms with E-state index in [4.69, 9.17) is 9.05 Å². The molecule has 0 atom stereocenters. The van der Waals surface area contributed by atoms with Gasteiger partial charge in [0.1, 0.15) is 0 Å². The van der Waals surface area contributed by atoms with E-state index in [-0.39, 0.29) is 6.61 Å². The summed E-state index contributed by atoms with van der Waals surface area (Å²) in [5.41, 5.74) is 0.957. The van der Waals surface area contributed by atoms with Crippen LogP contribution in [0.25, 0.3) is 0 Å². The number of rotatable bonds is 7. The molecule has 0 amide bonds. The van der Waals surface area contributed by atoms with E-state index in [2.05, 4.69) is 0 Å². The van der Waals surface area contributed by atoms with Crippen LogP contribution in [0, 0.1) is 0 Å². The summed E-state index contributed by atoms with van der Waals surface area (Å²) in [6.07, 6.45) is 0. The molecule has 29 heavy (non-hydrogen) atoms. The van der Waals surface area contributed by atoms with E-state index < -0.39 is 7.28 Å². The third-order valence-corrected chi connectivity index (χ3v) is 8.33. The topological polar surface area (TPSA) is 38.7 Å². The first-order valence-electron chi connectivity index (χ1n) is 9.50. The Morgan fingerprint density at radius 3 is 1.45 bits per heavy atom. The zero-order valence-corrected chi connectivity index (χ0v) is 16.9. The van der Waals surface area contributed by atoms with Crippen molar-refractivity contribution in [3.05, 3.63) is 127 Å². The van der Waals surface area contributed by atoms with Gasteiger partial charge in [-0.2, -0.15) is 0 Å². The minimum absolute atomic E-state index is 0.214. The van der Waals surface area contributed by atoms with Crippen molar-refractivity contribution in [3.8, 4) is 5.75 Å². The molecule has 0 radical (unpaired) electrons. The predicted molar refractivity (Wildman–Crippen MR) is 120 cm³/mol. The molecular weight excluding hydrogens is 379 g/mol. The van der Waals surface area contributed by atoms with Gasteiger partial charge in [0.2, 0.25) is 0 Å². The summed E-state index contributed by atoms with van der Waals surface area (Å²) in [6, 6.07) is 37.9. The number of para-hydroxylation sites is 1. The van der Waals surface area contributed by atoms with Crippen molar-refractivity contribution in [3.63, 3.8) is 0 Å². The molecule has 0 saturated heterocycles. The third kappa shape index (κ3) is 3.94. The third-order valence-electron chi connectivity index (χ3n) is 4.75. The molecule has 4 aromatic rings. The van der Waals surface area contributed by atoms with Gasteiger partial charge in [0.05, 0.1) is 0 Å². The molecule has 0 heterocycles. The summed E-state index contributed by atoms with van der Waals surface area (Å²) in [5, 5.41) is 1.23. The van der Waals surface area contributed by atoms with Crippen molar-refractivity contribution in [2.45, 2.75) is 6.61 Å². The molecule has 0 saturated carbocycles. The van der Waals surface area contributed by atoms with Gasteiger partial charge in [0.25, 0.3) is 0 Å². The summed E-state index contributed by atoms with van der Waals surface area (Å²) in [6.45, 7) is 0.214. The van der Waals surface area contributed by atoms with Gasteiger partial charge in [0.15, 0.2) is 0 Å². The van der Waals surface area contributed by atoms with E-state index in [1.54, 1.807) is 0 Å². The van der Waals surface area contributed by atoms with E-state index >= 15 is 0 Å². The van der Waals surface area contributed by atoms with Crippen LogP contribution >= 0.6 is 7.28 Å². The van der Waals surface area contributed by atoms with Gasteiger partial charge < -0.3 is 0 Å². The molecule has 4 aromatic carbocycles. The van der Waals surface area contributed by atoms with Crippen molar-refractivity contribution < 1.29 is 13.9 Å². The van der Waals surface area contributed by atoms with E-state index in [1.165, 1.54) is 0 Å². The van der Waals surface area contributed by atoms with E-state index in [0.29, 0.717) is 16.4 Å². The Balaban J connectivity index is 1.89. The standard InChI is InChI=1S/C25H23O3P/c26-29(24-17-9-3-10-18-24,25-19-11-4-12-20-25,28-23-15-7-2-8-16-23)27-21-22-13-5-1-6-14-22/h1-20,26H,21H2. The van der Waals surface area contributed by atoms with Crippen molar-refractivity contribution in [1.82, 2.24) is 0 Å². The number of hydrogen-bond donors (Lipinski definition) is 1. The molecule has 4 heteroatoms. The summed E-state index contributed by atoms with van der Waals surface area (Å²) in [7, 11) is -4.48. The van der Waals surface area contributed by atoms with Crippen molar-refractivity contribution in [2.24, 2.45) is 0 Å². The van der Waals surface area contributed by atoms with Crippen LogP contribution in [0.1, 0.15) is 5.56 Å². The number of benzene rings is 4. The van der Waals surface area contributed by atoms with Gasteiger partial charge in [-0.3, -0.25) is 0 Å². The molecule has 0 fully saturated rings. The maximum absolute atomic E-state index is 12.5. The van der Waals surface area contributed by atoms with Crippen molar-refractivity contribution in [1.29, 1.82) is 0 Å². The Morgan fingerprint density at radius 1 is 0.552 bits per heavy atom. The molecule has 0 unspecified atom stereocenters. The van der Waals surface area contributed by atoms with Gasteiger partial charge in [-0.25, -0.2) is 0 Å². The zero-order valence-electron chi connectivity index (χ0n) is 16.0. The predicted octanol–water partition coefficient (Wildman–Crippen LogP) is 5.22. The normalized spacial score (nSPS) is 12.7. The van der Waals surface area contributed by atoms with Crippen LogP contribution in [-0.2, 0) is 11.1 Å². The van der Waals surface area contributed by atoms with Gasteiger partial charge in [-0.15, -0.1) is 0 Å². The molecule has 0 aliphatic rings.